The quantitative estimate of drug-likeness (QED) is 0.687. The van der Waals surface area contributed by atoms with Gasteiger partial charge in [-0.1, -0.05) is 18.2 Å². The molecule has 1 atom stereocenters. The summed E-state index contributed by atoms with van der Waals surface area (Å²) in [4.78, 5) is 0. The van der Waals surface area contributed by atoms with Crippen LogP contribution in [0, 0.1) is 5.82 Å². The highest BCUT2D eigenvalue weighted by atomic mass is 19.1. The van der Waals surface area contributed by atoms with Gasteiger partial charge in [-0.2, -0.15) is 0 Å². The molecule has 11 heavy (non-hydrogen) atoms. The Balaban J connectivity index is 2.78. The van der Waals surface area contributed by atoms with Crippen LogP contribution in [-0.2, 0) is 6.42 Å². The Morgan fingerprint density at radius 1 is 1.45 bits per heavy atom. The van der Waals surface area contributed by atoms with E-state index in [1.807, 2.05) is 13.0 Å². The van der Waals surface area contributed by atoms with E-state index in [2.05, 4.69) is 0 Å². The average Bonchev–Trinajstić information content (AvgIpc) is 1.93. The number of halogens is 1. The number of benzene rings is 1. The molecule has 1 aromatic rings. The number of nitrogens with two attached hydrogens (primary N) is 1. The van der Waals surface area contributed by atoms with Gasteiger partial charge in [-0.15, -0.1) is 0 Å². The Labute approximate surface area is 66.0 Å². The molecule has 0 aliphatic rings. The Bertz CT molecular complexity index is 233. The van der Waals surface area contributed by atoms with E-state index in [0.29, 0.717) is 12.0 Å². The molecule has 0 aliphatic carbocycles. The van der Waals surface area contributed by atoms with Crippen molar-refractivity contribution >= 4 is 0 Å². The molecule has 1 nitrogen and oxygen atoms in total. The van der Waals surface area contributed by atoms with Gasteiger partial charge in [0.15, 0.2) is 0 Å². The number of rotatable bonds is 2. The normalized spacial score (nSPS) is 13.0. The predicted molar refractivity (Wildman–Crippen MR) is 43.8 cm³/mol. The summed E-state index contributed by atoms with van der Waals surface area (Å²) in [6.07, 6.45) is 0.604. The Hall–Kier alpha value is -0.890. The number of hydrogen-bond acceptors (Lipinski definition) is 1. The molecule has 0 aliphatic heterocycles. The van der Waals surface area contributed by atoms with Crippen molar-refractivity contribution in [2.45, 2.75) is 19.4 Å². The smallest absolute Gasteiger partial charge is 0.126 e. The first-order valence-corrected chi connectivity index (χ1v) is 3.69. The SMILES string of the molecule is C[C@@H](N)Cc1ccccc1F. The minimum Gasteiger partial charge on any atom is -0.328 e. The summed E-state index contributed by atoms with van der Waals surface area (Å²) in [5, 5.41) is 0. The maximum absolute atomic E-state index is 12.9. The highest BCUT2D eigenvalue weighted by molar-refractivity contribution is 5.17. The first kappa shape index (κ1) is 8.21. The second-order valence-corrected chi connectivity index (χ2v) is 2.77. The Kier molecular flexibility index (Phi) is 2.60. The van der Waals surface area contributed by atoms with Gasteiger partial charge < -0.3 is 5.73 Å². The fourth-order valence-electron chi connectivity index (χ4n) is 1.01. The maximum atomic E-state index is 12.9. The fraction of sp³-hybridized carbons (Fsp3) is 0.333. The molecule has 2 N–H and O–H groups in total. The summed E-state index contributed by atoms with van der Waals surface area (Å²) >= 11 is 0. The molecule has 0 unspecified atom stereocenters. The van der Waals surface area contributed by atoms with Crippen LogP contribution in [0.5, 0.6) is 0 Å². The zero-order valence-electron chi connectivity index (χ0n) is 6.55. The van der Waals surface area contributed by atoms with Gasteiger partial charge in [0, 0.05) is 6.04 Å². The molecular weight excluding hydrogens is 141 g/mol. The number of hydrogen-bond donors (Lipinski definition) is 1. The van der Waals surface area contributed by atoms with Crippen LogP contribution >= 0.6 is 0 Å². The monoisotopic (exact) mass is 153 g/mol. The molecule has 0 spiro atoms. The van der Waals surface area contributed by atoms with Crippen LogP contribution in [0.25, 0.3) is 0 Å². The van der Waals surface area contributed by atoms with Crippen LogP contribution < -0.4 is 5.73 Å². The van der Waals surface area contributed by atoms with E-state index in [1.165, 1.54) is 6.07 Å². The molecular formula is C9H12FN. The Morgan fingerprint density at radius 3 is 2.64 bits per heavy atom. The molecule has 0 saturated heterocycles. The van der Waals surface area contributed by atoms with E-state index < -0.39 is 0 Å². The minimum absolute atomic E-state index is 0.0203. The lowest BCUT2D eigenvalue weighted by atomic mass is 10.1. The third-order valence-electron chi connectivity index (χ3n) is 1.50. The Morgan fingerprint density at radius 2 is 2.09 bits per heavy atom. The van der Waals surface area contributed by atoms with E-state index in [0.717, 1.165) is 0 Å². The van der Waals surface area contributed by atoms with E-state index in [-0.39, 0.29) is 11.9 Å². The van der Waals surface area contributed by atoms with E-state index in [4.69, 9.17) is 5.73 Å². The molecule has 1 rings (SSSR count). The minimum atomic E-state index is -0.162. The van der Waals surface area contributed by atoms with Gasteiger partial charge in [0.2, 0.25) is 0 Å². The standard InChI is InChI=1S/C9H12FN/c1-7(11)6-8-4-2-3-5-9(8)10/h2-5,7H,6,11H2,1H3/t7-/m1/s1. The molecule has 0 bridgehead atoms. The van der Waals surface area contributed by atoms with Crippen LogP contribution in [0.2, 0.25) is 0 Å². The summed E-state index contributed by atoms with van der Waals surface area (Å²) < 4.78 is 12.9. The molecule has 0 aromatic heterocycles. The molecule has 0 amide bonds. The van der Waals surface area contributed by atoms with E-state index >= 15 is 0 Å². The van der Waals surface area contributed by atoms with Crippen molar-refractivity contribution in [1.29, 1.82) is 0 Å². The van der Waals surface area contributed by atoms with Crippen LogP contribution in [0.15, 0.2) is 24.3 Å². The van der Waals surface area contributed by atoms with Crippen molar-refractivity contribution in [3.63, 3.8) is 0 Å². The maximum Gasteiger partial charge on any atom is 0.126 e. The summed E-state index contributed by atoms with van der Waals surface area (Å²) in [6, 6.07) is 6.74. The van der Waals surface area contributed by atoms with Crippen LogP contribution in [-0.4, -0.2) is 6.04 Å². The molecule has 0 heterocycles. The molecule has 0 fully saturated rings. The van der Waals surface area contributed by atoms with Crippen molar-refractivity contribution in [2.75, 3.05) is 0 Å². The van der Waals surface area contributed by atoms with Crippen molar-refractivity contribution in [2.24, 2.45) is 5.73 Å². The van der Waals surface area contributed by atoms with Gasteiger partial charge >= 0.3 is 0 Å². The van der Waals surface area contributed by atoms with E-state index in [9.17, 15) is 4.39 Å². The molecule has 0 saturated carbocycles. The molecule has 0 radical (unpaired) electrons. The van der Waals surface area contributed by atoms with Crippen molar-refractivity contribution in [3.05, 3.63) is 35.6 Å². The highest BCUT2D eigenvalue weighted by Gasteiger charge is 2.01. The lowest BCUT2D eigenvalue weighted by Gasteiger charge is -2.04. The summed E-state index contributed by atoms with van der Waals surface area (Å²) in [7, 11) is 0. The lowest BCUT2D eigenvalue weighted by Crippen LogP contribution is -2.18. The van der Waals surface area contributed by atoms with Crippen LogP contribution in [0.4, 0.5) is 4.39 Å². The second-order valence-electron chi connectivity index (χ2n) is 2.77. The summed E-state index contributed by atoms with van der Waals surface area (Å²) in [5.41, 5.74) is 6.22. The van der Waals surface area contributed by atoms with Gasteiger partial charge in [0.05, 0.1) is 0 Å². The van der Waals surface area contributed by atoms with Gasteiger partial charge in [-0.3, -0.25) is 0 Å². The summed E-state index contributed by atoms with van der Waals surface area (Å²) in [5.74, 6) is -0.162. The topological polar surface area (TPSA) is 26.0 Å². The van der Waals surface area contributed by atoms with Crippen molar-refractivity contribution in [1.82, 2.24) is 0 Å². The molecule has 2 heteroatoms. The summed E-state index contributed by atoms with van der Waals surface area (Å²) in [6.45, 7) is 1.87. The highest BCUT2D eigenvalue weighted by Crippen LogP contribution is 2.07. The average molecular weight is 153 g/mol. The third kappa shape index (κ3) is 2.31. The lowest BCUT2D eigenvalue weighted by molar-refractivity contribution is 0.596. The first-order valence-electron chi connectivity index (χ1n) is 3.69. The largest absolute Gasteiger partial charge is 0.328 e. The zero-order valence-corrected chi connectivity index (χ0v) is 6.55. The van der Waals surface area contributed by atoms with E-state index in [1.54, 1.807) is 12.1 Å². The first-order chi connectivity index (χ1) is 5.20. The van der Waals surface area contributed by atoms with Gasteiger partial charge in [0.25, 0.3) is 0 Å². The van der Waals surface area contributed by atoms with Gasteiger partial charge in [-0.05, 0) is 25.0 Å². The van der Waals surface area contributed by atoms with Crippen LogP contribution in [0.3, 0.4) is 0 Å². The molecule has 1 aromatic carbocycles. The zero-order chi connectivity index (χ0) is 8.27. The van der Waals surface area contributed by atoms with Crippen molar-refractivity contribution in [3.8, 4) is 0 Å². The molecule has 60 valence electrons. The fourth-order valence-corrected chi connectivity index (χ4v) is 1.01. The van der Waals surface area contributed by atoms with Gasteiger partial charge in [-0.25, -0.2) is 4.39 Å². The predicted octanol–water partition coefficient (Wildman–Crippen LogP) is 1.72. The third-order valence-corrected chi connectivity index (χ3v) is 1.50. The van der Waals surface area contributed by atoms with Crippen molar-refractivity contribution < 1.29 is 4.39 Å². The van der Waals surface area contributed by atoms with Crippen LogP contribution in [0.1, 0.15) is 12.5 Å². The second kappa shape index (κ2) is 3.49. The van der Waals surface area contributed by atoms with Gasteiger partial charge in [0.1, 0.15) is 5.82 Å².